The number of fused-ring (bicyclic) bond motifs is 10. The lowest BCUT2D eigenvalue weighted by Gasteiger charge is -2.13. The summed E-state index contributed by atoms with van der Waals surface area (Å²) in [5, 5.41) is 5.70. The monoisotopic (exact) mass is 388 g/mol. The van der Waals surface area contributed by atoms with Gasteiger partial charge >= 0.3 is 0 Å². The minimum atomic E-state index is -0.283. The first-order valence-electron chi connectivity index (χ1n) is 9.54. The van der Waals surface area contributed by atoms with Gasteiger partial charge in [0.05, 0.1) is 0 Å². The highest BCUT2D eigenvalue weighted by molar-refractivity contribution is 6.36. The lowest BCUT2D eigenvalue weighted by atomic mass is 9.88. The van der Waals surface area contributed by atoms with E-state index in [0.717, 1.165) is 21.5 Å². The molecule has 0 saturated carbocycles. The van der Waals surface area contributed by atoms with E-state index in [2.05, 4.69) is 0 Å². The van der Waals surface area contributed by atoms with Crippen molar-refractivity contribution in [3.8, 4) is 0 Å². The van der Waals surface area contributed by atoms with Crippen molar-refractivity contribution in [2.75, 3.05) is 0 Å². The van der Waals surface area contributed by atoms with Crippen LogP contribution in [0, 0.1) is 0 Å². The largest absolute Gasteiger partial charge is 0.289 e. The Labute approximate surface area is 167 Å². The molecule has 0 amide bonds. The van der Waals surface area contributed by atoms with Crippen LogP contribution in [0.4, 0.5) is 0 Å². The third kappa shape index (κ3) is 2.00. The summed E-state index contributed by atoms with van der Waals surface area (Å²) < 4.78 is 0. The van der Waals surface area contributed by atoms with Gasteiger partial charge in [0, 0.05) is 32.3 Å². The highest BCUT2D eigenvalue weighted by Crippen LogP contribution is 2.39. The summed E-state index contributed by atoms with van der Waals surface area (Å²) in [5.41, 5.74) is -1.07. The number of hydrogen-bond donors (Lipinski definition) is 0. The zero-order valence-corrected chi connectivity index (χ0v) is 15.6. The molecule has 140 valence electrons. The first-order chi connectivity index (χ1) is 14.6. The summed E-state index contributed by atoms with van der Waals surface area (Å²) in [4.78, 5) is 50.9. The van der Waals surface area contributed by atoms with Crippen molar-refractivity contribution in [3.63, 3.8) is 0 Å². The topological polar surface area (TPSA) is 68.3 Å². The smallest absolute Gasteiger partial charge is 0.187 e. The van der Waals surface area contributed by atoms with Gasteiger partial charge in [0.25, 0.3) is 0 Å². The molecule has 0 bridgehead atoms. The predicted octanol–water partition coefficient (Wildman–Crippen LogP) is 3.77. The van der Waals surface area contributed by atoms with Gasteiger partial charge in [-0.15, -0.1) is 0 Å². The standard InChI is InChI=1S/C26H12O4/c27-19-9-11-21(29)23-17(19)7-5-15-13-3-1-2-4-14(13)16-6-8-18-20(28)10-12-22(30)24(18)26(16)25(15)23/h1-12H. The van der Waals surface area contributed by atoms with Crippen LogP contribution in [-0.4, -0.2) is 0 Å². The molecular weight excluding hydrogens is 376 g/mol. The number of rotatable bonds is 0. The molecule has 4 nitrogen and oxygen atoms in total. The molecule has 0 radical (unpaired) electrons. The second-order valence-electron chi connectivity index (χ2n) is 7.49. The number of benzene rings is 6. The van der Waals surface area contributed by atoms with Crippen LogP contribution in [0.15, 0.2) is 92.0 Å². The highest BCUT2D eigenvalue weighted by atomic mass is 16.1. The predicted molar refractivity (Wildman–Crippen MR) is 121 cm³/mol. The van der Waals surface area contributed by atoms with Crippen LogP contribution in [0.3, 0.4) is 0 Å². The number of hydrogen-bond acceptors (Lipinski definition) is 4. The zero-order valence-electron chi connectivity index (χ0n) is 15.6. The van der Waals surface area contributed by atoms with Crippen molar-refractivity contribution in [2.24, 2.45) is 0 Å². The van der Waals surface area contributed by atoms with Gasteiger partial charge in [-0.3, -0.25) is 19.2 Å². The van der Waals surface area contributed by atoms with Gasteiger partial charge in [-0.05, 0) is 57.9 Å². The fourth-order valence-corrected chi connectivity index (χ4v) is 4.70. The molecule has 30 heavy (non-hydrogen) atoms. The molecule has 6 aromatic carbocycles. The summed E-state index contributed by atoms with van der Waals surface area (Å²) in [6, 6.07) is 19.8. The van der Waals surface area contributed by atoms with Gasteiger partial charge < -0.3 is 0 Å². The Balaban J connectivity index is 2.18. The second kappa shape index (κ2) is 5.67. The van der Waals surface area contributed by atoms with Crippen LogP contribution in [0.2, 0.25) is 0 Å². The average Bonchev–Trinajstić information content (AvgIpc) is 2.77. The lowest BCUT2D eigenvalue weighted by Crippen LogP contribution is -2.11. The summed E-state index contributed by atoms with van der Waals surface area (Å²) >= 11 is 0. The minimum absolute atomic E-state index is 0.250. The van der Waals surface area contributed by atoms with E-state index in [1.54, 1.807) is 12.1 Å². The molecule has 0 aliphatic carbocycles. The molecule has 0 aromatic heterocycles. The van der Waals surface area contributed by atoms with Gasteiger partial charge in [-0.25, -0.2) is 0 Å². The van der Waals surface area contributed by atoms with Crippen LogP contribution < -0.4 is 21.7 Å². The molecule has 0 spiro atoms. The van der Waals surface area contributed by atoms with Crippen LogP contribution in [0.25, 0.3) is 53.9 Å². The third-order valence-corrected chi connectivity index (χ3v) is 5.96. The molecular formula is C26H12O4. The molecule has 0 fully saturated rings. The maximum atomic E-state index is 12.9. The fourth-order valence-electron chi connectivity index (χ4n) is 4.70. The molecule has 6 aromatic rings. The van der Waals surface area contributed by atoms with Gasteiger partial charge in [0.1, 0.15) is 0 Å². The summed E-state index contributed by atoms with van der Waals surface area (Å²) in [6.45, 7) is 0. The Bertz CT molecular complexity index is 1780. The molecule has 0 atom stereocenters. The van der Waals surface area contributed by atoms with Gasteiger partial charge in [-0.2, -0.15) is 0 Å². The molecule has 4 heteroatoms. The summed E-state index contributed by atoms with van der Waals surface area (Å²) in [5.74, 6) is 0. The van der Waals surface area contributed by atoms with Crippen molar-refractivity contribution in [1.29, 1.82) is 0 Å². The Kier molecular flexibility index (Phi) is 3.17. The van der Waals surface area contributed by atoms with E-state index in [4.69, 9.17) is 0 Å². The Morgan fingerprint density at radius 3 is 1.10 bits per heavy atom. The van der Waals surface area contributed by atoms with E-state index in [-0.39, 0.29) is 21.7 Å². The van der Waals surface area contributed by atoms with E-state index in [9.17, 15) is 19.2 Å². The first kappa shape index (κ1) is 16.7. The van der Waals surface area contributed by atoms with Crippen LogP contribution >= 0.6 is 0 Å². The van der Waals surface area contributed by atoms with Crippen molar-refractivity contribution >= 4 is 53.9 Å². The highest BCUT2D eigenvalue weighted by Gasteiger charge is 2.18. The molecule has 0 heterocycles. The SMILES string of the molecule is O=c1ccc(=O)c2c1ccc1c3ccccc3c3ccc4c(=O)ccc(=O)c4c3c12. The normalized spacial score (nSPS) is 11.9. The minimum Gasteiger partial charge on any atom is -0.289 e. The Morgan fingerprint density at radius 1 is 0.300 bits per heavy atom. The Morgan fingerprint density at radius 2 is 0.667 bits per heavy atom. The van der Waals surface area contributed by atoms with E-state index in [1.807, 2.05) is 36.4 Å². The second-order valence-corrected chi connectivity index (χ2v) is 7.49. The maximum absolute atomic E-state index is 12.9. The van der Waals surface area contributed by atoms with Crippen molar-refractivity contribution < 1.29 is 0 Å². The van der Waals surface area contributed by atoms with Crippen LogP contribution in [-0.2, 0) is 0 Å². The van der Waals surface area contributed by atoms with Gasteiger partial charge in [0.15, 0.2) is 21.7 Å². The fraction of sp³-hybridized carbons (Fsp3) is 0. The van der Waals surface area contributed by atoms with Gasteiger partial charge in [-0.1, -0.05) is 36.4 Å². The van der Waals surface area contributed by atoms with E-state index >= 15 is 0 Å². The molecule has 0 N–H and O–H groups in total. The van der Waals surface area contributed by atoms with Crippen LogP contribution in [0.1, 0.15) is 0 Å². The Hall–Kier alpha value is -4.18. The van der Waals surface area contributed by atoms with E-state index in [1.165, 1.54) is 24.3 Å². The molecule has 6 rings (SSSR count). The van der Waals surface area contributed by atoms with E-state index < -0.39 is 0 Å². The zero-order chi connectivity index (χ0) is 20.6. The van der Waals surface area contributed by atoms with Gasteiger partial charge in [0.2, 0.25) is 0 Å². The first-order valence-corrected chi connectivity index (χ1v) is 9.54. The lowest BCUT2D eigenvalue weighted by molar-refractivity contribution is 1.61. The third-order valence-electron chi connectivity index (χ3n) is 5.96. The molecule has 0 saturated heterocycles. The molecule has 0 aliphatic rings. The summed E-state index contributed by atoms with van der Waals surface area (Å²) in [6.07, 6.45) is 0. The molecule has 0 aliphatic heterocycles. The van der Waals surface area contributed by atoms with E-state index in [0.29, 0.717) is 32.3 Å². The van der Waals surface area contributed by atoms with Crippen molar-refractivity contribution in [1.82, 2.24) is 0 Å². The molecule has 0 unspecified atom stereocenters. The quantitative estimate of drug-likeness (QED) is 0.372. The summed E-state index contributed by atoms with van der Waals surface area (Å²) in [7, 11) is 0. The van der Waals surface area contributed by atoms with Crippen molar-refractivity contribution in [2.45, 2.75) is 0 Å². The van der Waals surface area contributed by atoms with Crippen LogP contribution in [0.5, 0.6) is 0 Å². The average molecular weight is 388 g/mol. The van der Waals surface area contributed by atoms with Crippen molar-refractivity contribution in [3.05, 3.63) is 114 Å². The maximum Gasteiger partial charge on any atom is 0.187 e.